The molecule has 2 heterocycles. The van der Waals surface area contributed by atoms with E-state index in [2.05, 4.69) is 27.4 Å². The van der Waals surface area contributed by atoms with Gasteiger partial charge in [-0.3, -0.25) is 14.2 Å². The van der Waals surface area contributed by atoms with Crippen LogP contribution in [0.3, 0.4) is 0 Å². The molecule has 0 aliphatic rings. The van der Waals surface area contributed by atoms with E-state index in [9.17, 15) is 9.59 Å². The number of aryl methyl sites for hydroxylation is 1. The first-order valence-electron chi connectivity index (χ1n) is 9.24. The molecule has 6 heteroatoms. The normalized spacial score (nSPS) is 11.1. The second-order valence-corrected chi connectivity index (χ2v) is 6.96. The minimum atomic E-state index is -0.434. The quantitative estimate of drug-likeness (QED) is 0.654. The van der Waals surface area contributed by atoms with E-state index in [1.54, 1.807) is 22.9 Å². The first-order valence-corrected chi connectivity index (χ1v) is 9.24. The van der Waals surface area contributed by atoms with E-state index in [0.29, 0.717) is 24.3 Å². The Morgan fingerprint density at radius 3 is 2.67 bits per heavy atom. The molecule has 1 amide bonds. The molecule has 0 aliphatic carbocycles. The Hall–Kier alpha value is -3.02. The highest BCUT2D eigenvalue weighted by atomic mass is 16.2. The number of carbonyl (C=O) groups excluding carboxylic acids is 1. The van der Waals surface area contributed by atoms with Gasteiger partial charge in [0.1, 0.15) is 5.52 Å². The third-order valence-corrected chi connectivity index (χ3v) is 4.24. The second kappa shape index (κ2) is 8.58. The third-order valence-electron chi connectivity index (χ3n) is 4.24. The molecular weight excluding hydrogens is 340 g/mol. The fourth-order valence-corrected chi connectivity index (χ4v) is 2.98. The number of aromatic nitrogens is 3. The number of nitrogens with zero attached hydrogens (tertiary/aromatic N) is 3. The van der Waals surface area contributed by atoms with Crippen molar-refractivity contribution in [3.63, 3.8) is 0 Å². The highest BCUT2D eigenvalue weighted by molar-refractivity contribution is 5.93. The van der Waals surface area contributed by atoms with E-state index in [0.717, 1.165) is 12.8 Å². The van der Waals surface area contributed by atoms with Gasteiger partial charge in [0, 0.05) is 19.3 Å². The zero-order valence-corrected chi connectivity index (χ0v) is 15.7. The van der Waals surface area contributed by atoms with Crippen LogP contribution in [-0.4, -0.2) is 27.0 Å². The Bertz CT molecular complexity index is 980. The van der Waals surface area contributed by atoms with Crippen molar-refractivity contribution in [1.29, 1.82) is 0 Å². The van der Waals surface area contributed by atoms with Gasteiger partial charge in [-0.15, -0.1) is 0 Å². The monoisotopic (exact) mass is 364 g/mol. The minimum absolute atomic E-state index is 0.0733. The predicted molar refractivity (Wildman–Crippen MR) is 106 cm³/mol. The Kier molecular flexibility index (Phi) is 5.96. The number of hydrogen-bond acceptors (Lipinski definition) is 4. The number of pyridine rings is 1. The van der Waals surface area contributed by atoms with E-state index in [1.807, 2.05) is 32.0 Å². The summed E-state index contributed by atoms with van der Waals surface area (Å²) in [6.07, 6.45) is 3.29. The molecule has 0 saturated carbocycles. The van der Waals surface area contributed by atoms with Gasteiger partial charge in [0.25, 0.3) is 11.5 Å². The smallest absolute Gasteiger partial charge is 0.283 e. The first-order chi connectivity index (χ1) is 13.1. The van der Waals surface area contributed by atoms with Crippen LogP contribution in [0.15, 0.2) is 53.5 Å². The van der Waals surface area contributed by atoms with Crippen LogP contribution in [0.1, 0.15) is 36.3 Å². The van der Waals surface area contributed by atoms with Crippen molar-refractivity contribution in [1.82, 2.24) is 19.9 Å². The van der Waals surface area contributed by atoms with E-state index in [-0.39, 0.29) is 11.6 Å². The van der Waals surface area contributed by atoms with Gasteiger partial charge in [0.15, 0.2) is 11.3 Å². The third kappa shape index (κ3) is 4.58. The van der Waals surface area contributed by atoms with Crippen molar-refractivity contribution in [3.05, 3.63) is 70.3 Å². The van der Waals surface area contributed by atoms with Crippen LogP contribution in [0.25, 0.3) is 11.2 Å². The second-order valence-electron chi connectivity index (χ2n) is 6.96. The maximum absolute atomic E-state index is 12.8. The lowest BCUT2D eigenvalue weighted by molar-refractivity contribution is 0.0946. The molecule has 0 radical (unpaired) electrons. The molecule has 6 nitrogen and oxygen atoms in total. The number of hydrogen-bond donors (Lipinski definition) is 1. The molecule has 2 aromatic heterocycles. The van der Waals surface area contributed by atoms with Crippen LogP contribution < -0.4 is 10.9 Å². The lowest BCUT2D eigenvalue weighted by Gasteiger charge is -2.13. The largest absolute Gasteiger partial charge is 0.351 e. The van der Waals surface area contributed by atoms with E-state index < -0.39 is 11.5 Å². The van der Waals surface area contributed by atoms with Crippen molar-refractivity contribution in [2.45, 2.75) is 33.2 Å². The Morgan fingerprint density at radius 1 is 1.15 bits per heavy atom. The highest BCUT2D eigenvalue weighted by Crippen LogP contribution is 2.09. The summed E-state index contributed by atoms with van der Waals surface area (Å²) in [7, 11) is 0. The van der Waals surface area contributed by atoms with Crippen molar-refractivity contribution in [2.75, 3.05) is 6.54 Å². The Balaban J connectivity index is 1.76. The maximum atomic E-state index is 12.8. The molecule has 3 rings (SSSR count). The molecule has 27 heavy (non-hydrogen) atoms. The number of rotatable bonds is 7. The molecular formula is C21H24N4O2. The molecule has 1 aromatic carbocycles. The summed E-state index contributed by atoms with van der Waals surface area (Å²) >= 11 is 0. The van der Waals surface area contributed by atoms with Gasteiger partial charge in [-0.25, -0.2) is 9.97 Å². The number of fused-ring (bicyclic) bond motifs is 1. The van der Waals surface area contributed by atoms with Crippen LogP contribution in [0.5, 0.6) is 0 Å². The van der Waals surface area contributed by atoms with Crippen LogP contribution in [0.4, 0.5) is 0 Å². The lowest BCUT2D eigenvalue weighted by atomic mass is 10.1. The average molecular weight is 364 g/mol. The summed E-state index contributed by atoms with van der Waals surface area (Å²) in [5.41, 5.74) is 1.82. The standard InChI is InChI=1S/C21H24N4O2/c1-15(2)14-25-19-17(11-7-12-22-19)24-18(21(25)27)20(26)23-13-6-10-16-8-4-3-5-9-16/h3-5,7-9,11-12,15H,6,10,13-14H2,1-2H3,(H,23,26). The average Bonchev–Trinajstić information content (AvgIpc) is 2.67. The van der Waals surface area contributed by atoms with Gasteiger partial charge >= 0.3 is 0 Å². The van der Waals surface area contributed by atoms with Crippen LogP contribution >= 0.6 is 0 Å². The van der Waals surface area contributed by atoms with Gasteiger partial charge < -0.3 is 5.32 Å². The number of carbonyl (C=O) groups is 1. The summed E-state index contributed by atoms with van der Waals surface area (Å²) < 4.78 is 1.55. The topological polar surface area (TPSA) is 76.9 Å². The van der Waals surface area contributed by atoms with Crippen molar-refractivity contribution >= 4 is 17.1 Å². The van der Waals surface area contributed by atoms with Gasteiger partial charge in [-0.1, -0.05) is 44.2 Å². The van der Waals surface area contributed by atoms with Crippen molar-refractivity contribution in [2.24, 2.45) is 5.92 Å². The molecule has 0 bridgehead atoms. The zero-order valence-electron chi connectivity index (χ0n) is 15.7. The minimum Gasteiger partial charge on any atom is -0.351 e. The number of nitrogens with one attached hydrogen (secondary N) is 1. The summed E-state index contributed by atoms with van der Waals surface area (Å²) in [6.45, 7) is 5.02. The van der Waals surface area contributed by atoms with E-state index in [1.165, 1.54) is 5.56 Å². The summed E-state index contributed by atoms with van der Waals surface area (Å²) in [5, 5.41) is 2.82. The predicted octanol–water partition coefficient (Wildman–Crippen LogP) is 2.81. The highest BCUT2D eigenvalue weighted by Gasteiger charge is 2.18. The zero-order chi connectivity index (χ0) is 19.2. The Morgan fingerprint density at radius 2 is 1.93 bits per heavy atom. The number of benzene rings is 1. The number of amides is 1. The van der Waals surface area contributed by atoms with E-state index in [4.69, 9.17) is 0 Å². The lowest BCUT2D eigenvalue weighted by Crippen LogP contribution is -2.36. The fourth-order valence-electron chi connectivity index (χ4n) is 2.98. The summed E-state index contributed by atoms with van der Waals surface area (Å²) in [4.78, 5) is 33.9. The molecule has 0 fully saturated rings. The maximum Gasteiger partial charge on any atom is 0.283 e. The fraction of sp³-hybridized carbons (Fsp3) is 0.333. The molecule has 140 valence electrons. The van der Waals surface area contributed by atoms with Gasteiger partial charge in [-0.05, 0) is 36.5 Å². The molecule has 0 saturated heterocycles. The molecule has 1 N–H and O–H groups in total. The Labute approximate surface area is 158 Å². The SMILES string of the molecule is CC(C)Cn1c(=O)c(C(=O)NCCCc2ccccc2)nc2cccnc21. The summed E-state index contributed by atoms with van der Waals surface area (Å²) in [5.74, 6) is -0.187. The van der Waals surface area contributed by atoms with E-state index >= 15 is 0 Å². The molecule has 0 aliphatic heterocycles. The summed E-state index contributed by atoms with van der Waals surface area (Å²) in [6, 6.07) is 13.6. The van der Waals surface area contributed by atoms with Crippen molar-refractivity contribution < 1.29 is 4.79 Å². The van der Waals surface area contributed by atoms with Gasteiger partial charge in [-0.2, -0.15) is 0 Å². The first kappa shape index (κ1) is 18.8. The van der Waals surface area contributed by atoms with Crippen LogP contribution in [0.2, 0.25) is 0 Å². The molecule has 0 unspecified atom stereocenters. The van der Waals surface area contributed by atoms with Crippen molar-refractivity contribution in [3.8, 4) is 0 Å². The van der Waals surface area contributed by atoms with Crippen LogP contribution in [-0.2, 0) is 13.0 Å². The molecule has 0 atom stereocenters. The molecule has 0 spiro atoms. The van der Waals surface area contributed by atoms with Crippen LogP contribution in [0, 0.1) is 5.92 Å². The van der Waals surface area contributed by atoms with Gasteiger partial charge in [0.05, 0.1) is 0 Å². The molecule has 3 aromatic rings. The van der Waals surface area contributed by atoms with Gasteiger partial charge in [0.2, 0.25) is 0 Å².